The van der Waals surface area contributed by atoms with Gasteiger partial charge < -0.3 is 31.1 Å². The zero-order valence-corrected chi connectivity index (χ0v) is 24.6. The highest BCUT2D eigenvalue weighted by Crippen LogP contribution is 2.27. The van der Waals surface area contributed by atoms with Gasteiger partial charge in [0, 0.05) is 13.0 Å². The summed E-state index contributed by atoms with van der Waals surface area (Å²) in [6.45, 7) is 0.234. The van der Waals surface area contributed by atoms with Gasteiger partial charge in [0.15, 0.2) is 0 Å². The molecule has 46 heavy (non-hydrogen) atoms. The summed E-state index contributed by atoms with van der Waals surface area (Å²) < 4.78 is 45.2. The number of carbonyl (C=O) groups is 4. The van der Waals surface area contributed by atoms with Crippen molar-refractivity contribution in [3.8, 4) is 11.1 Å². The molecule has 1 heterocycles. The molecule has 0 saturated heterocycles. The van der Waals surface area contributed by atoms with Gasteiger partial charge in [-0.3, -0.25) is 14.4 Å². The van der Waals surface area contributed by atoms with Crippen LogP contribution in [0.1, 0.15) is 30.9 Å². The molecule has 2 amide bonds. The second-order valence-electron chi connectivity index (χ2n) is 9.68. The van der Waals surface area contributed by atoms with E-state index in [1.54, 1.807) is 30.3 Å². The SMILES string of the molecule is O=C(O)C(F)(F)F.O=C(O)CC(NC(=O)CNC(=O)CCCNc1nc2ccccc2[nH]1)c1ccc(-c2ccc(F)c(Cl)c2)cc1. The number of para-hydroxylation sites is 2. The van der Waals surface area contributed by atoms with E-state index in [9.17, 15) is 37.1 Å². The molecule has 0 spiro atoms. The first kappa shape index (κ1) is 35.3. The number of fused-ring (bicyclic) bond motifs is 1. The third-order valence-electron chi connectivity index (χ3n) is 6.23. The van der Waals surface area contributed by atoms with Crippen molar-refractivity contribution in [3.63, 3.8) is 0 Å². The molecule has 0 bridgehead atoms. The molecule has 3 aromatic carbocycles. The van der Waals surface area contributed by atoms with Crippen molar-refractivity contribution in [3.05, 3.63) is 83.1 Å². The molecule has 0 saturated carbocycles. The molecule has 16 heteroatoms. The molecule has 0 fully saturated rings. The third kappa shape index (κ3) is 11.1. The minimum atomic E-state index is -5.08. The van der Waals surface area contributed by atoms with Crippen LogP contribution in [0, 0.1) is 5.82 Å². The van der Waals surface area contributed by atoms with E-state index in [0.717, 1.165) is 16.6 Å². The van der Waals surface area contributed by atoms with Gasteiger partial charge in [0.25, 0.3) is 0 Å². The number of carbonyl (C=O) groups excluding carboxylic acids is 2. The Kier molecular flexibility index (Phi) is 12.4. The summed E-state index contributed by atoms with van der Waals surface area (Å²) in [6.07, 6.45) is -4.69. The van der Waals surface area contributed by atoms with Crippen molar-refractivity contribution in [1.82, 2.24) is 20.6 Å². The predicted molar refractivity (Wildman–Crippen MR) is 161 cm³/mol. The highest BCUT2D eigenvalue weighted by Gasteiger charge is 2.38. The largest absolute Gasteiger partial charge is 0.490 e. The Balaban J connectivity index is 0.000000738. The smallest absolute Gasteiger partial charge is 0.481 e. The van der Waals surface area contributed by atoms with Gasteiger partial charge >= 0.3 is 18.1 Å². The number of hydrogen-bond acceptors (Lipinski definition) is 6. The molecule has 1 aromatic heterocycles. The summed E-state index contributed by atoms with van der Waals surface area (Å²) in [5, 5.41) is 24.8. The number of imidazole rings is 1. The average Bonchev–Trinajstić information content (AvgIpc) is 3.42. The van der Waals surface area contributed by atoms with Gasteiger partial charge in [-0.05, 0) is 47.4 Å². The fourth-order valence-electron chi connectivity index (χ4n) is 4.02. The van der Waals surface area contributed by atoms with Gasteiger partial charge in [0.1, 0.15) is 5.82 Å². The summed E-state index contributed by atoms with van der Waals surface area (Å²) in [6, 6.07) is 18.0. The van der Waals surface area contributed by atoms with Crippen LogP contribution in [0.3, 0.4) is 0 Å². The summed E-state index contributed by atoms with van der Waals surface area (Å²) in [4.78, 5) is 52.5. The average molecular weight is 666 g/mol. The fraction of sp³-hybridized carbons (Fsp3) is 0.233. The molecule has 11 nitrogen and oxygen atoms in total. The van der Waals surface area contributed by atoms with Crippen LogP contribution in [0.25, 0.3) is 22.2 Å². The maximum Gasteiger partial charge on any atom is 0.490 e. The monoisotopic (exact) mass is 665 g/mol. The standard InChI is InChI=1S/C28H27ClFN5O4.C2HF3O2/c29-20-14-19(11-12-21(20)30)17-7-9-18(10-8-17)24(15-27(38)39)33-26(37)16-32-25(36)6-3-13-31-28-34-22-4-1-2-5-23(22)35-28;3-2(4,5)1(6)7/h1-2,4-5,7-12,14,24H,3,6,13,15-16H2,(H,32,36)(H,33,37)(H,38,39)(H2,31,34,35);(H,6,7). The summed E-state index contributed by atoms with van der Waals surface area (Å²) in [5.74, 6) is -4.55. The van der Waals surface area contributed by atoms with Crippen LogP contribution in [0.15, 0.2) is 66.7 Å². The van der Waals surface area contributed by atoms with Crippen LogP contribution in [-0.4, -0.2) is 63.2 Å². The van der Waals surface area contributed by atoms with Crippen LogP contribution >= 0.6 is 11.6 Å². The molecule has 6 N–H and O–H groups in total. The van der Waals surface area contributed by atoms with E-state index in [1.807, 2.05) is 24.3 Å². The maximum atomic E-state index is 13.5. The molecular weight excluding hydrogens is 638 g/mol. The number of aromatic amines is 1. The molecular formula is C30H28ClF4N5O6. The van der Waals surface area contributed by atoms with Crippen LogP contribution in [-0.2, 0) is 19.2 Å². The Bertz CT molecular complexity index is 1650. The van der Waals surface area contributed by atoms with Crippen molar-refractivity contribution in [2.24, 2.45) is 0 Å². The lowest BCUT2D eigenvalue weighted by Crippen LogP contribution is -2.39. The van der Waals surface area contributed by atoms with Gasteiger partial charge in [-0.2, -0.15) is 13.2 Å². The number of amides is 2. The number of carboxylic acid groups (broad SMARTS) is 2. The number of nitrogens with zero attached hydrogens (tertiary/aromatic N) is 1. The maximum absolute atomic E-state index is 13.5. The molecule has 0 aliphatic heterocycles. The lowest BCUT2D eigenvalue weighted by Gasteiger charge is -2.18. The summed E-state index contributed by atoms with van der Waals surface area (Å²) in [5.41, 5.74) is 3.79. The number of H-pyrrole nitrogens is 1. The summed E-state index contributed by atoms with van der Waals surface area (Å²) >= 11 is 5.86. The van der Waals surface area contributed by atoms with Gasteiger partial charge in [-0.25, -0.2) is 14.2 Å². The van der Waals surface area contributed by atoms with Gasteiger partial charge in [0.2, 0.25) is 17.8 Å². The van der Waals surface area contributed by atoms with Crippen molar-refractivity contribution in [1.29, 1.82) is 0 Å². The van der Waals surface area contributed by atoms with Gasteiger partial charge in [0.05, 0.1) is 35.1 Å². The lowest BCUT2D eigenvalue weighted by atomic mass is 9.99. The van der Waals surface area contributed by atoms with E-state index in [1.165, 1.54) is 12.1 Å². The van der Waals surface area contributed by atoms with E-state index in [2.05, 4.69) is 25.9 Å². The lowest BCUT2D eigenvalue weighted by molar-refractivity contribution is -0.192. The number of alkyl halides is 3. The van der Waals surface area contributed by atoms with Crippen molar-refractivity contribution < 1.29 is 47.0 Å². The molecule has 0 aliphatic carbocycles. The Morgan fingerprint density at radius 1 is 0.935 bits per heavy atom. The molecule has 4 aromatic rings. The minimum Gasteiger partial charge on any atom is -0.481 e. The molecule has 4 rings (SSSR count). The second kappa shape index (κ2) is 16.2. The third-order valence-corrected chi connectivity index (χ3v) is 6.52. The summed E-state index contributed by atoms with van der Waals surface area (Å²) in [7, 11) is 0. The first-order valence-electron chi connectivity index (χ1n) is 13.5. The number of nitrogens with one attached hydrogen (secondary N) is 4. The first-order chi connectivity index (χ1) is 21.7. The van der Waals surface area contributed by atoms with Crippen LogP contribution < -0.4 is 16.0 Å². The number of anilines is 1. The van der Waals surface area contributed by atoms with Crippen molar-refractivity contribution >= 4 is 52.3 Å². The fourth-order valence-corrected chi connectivity index (χ4v) is 4.20. The van der Waals surface area contributed by atoms with Crippen LogP contribution in [0.4, 0.5) is 23.5 Å². The number of hydrogen-bond donors (Lipinski definition) is 6. The number of aromatic nitrogens is 2. The Morgan fingerprint density at radius 2 is 1.59 bits per heavy atom. The zero-order valence-electron chi connectivity index (χ0n) is 23.8. The van der Waals surface area contributed by atoms with E-state index in [-0.39, 0.29) is 30.3 Å². The number of rotatable bonds is 12. The quantitative estimate of drug-likeness (QED) is 0.0874. The highest BCUT2D eigenvalue weighted by molar-refractivity contribution is 6.31. The van der Waals surface area contributed by atoms with Crippen molar-refractivity contribution in [2.45, 2.75) is 31.5 Å². The zero-order chi connectivity index (χ0) is 33.9. The predicted octanol–water partition coefficient (Wildman–Crippen LogP) is 5.30. The number of halogens is 5. The van der Waals surface area contributed by atoms with Gasteiger partial charge in [-0.15, -0.1) is 0 Å². The van der Waals surface area contributed by atoms with E-state index in [4.69, 9.17) is 21.5 Å². The Hall–Kier alpha value is -5.18. The van der Waals surface area contributed by atoms with Crippen LogP contribution in [0.5, 0.6) is 0 Å². The topological polar surface area (TPSA) is 174 Å². The Morgan fingerprint density at radius 3 is 2.20 bits per heavy atom. The van der Waals surface area contributed by atoms with Crippen molar-refractivity contribution in [2.75, 3.05) is 18.4 Å². The molecule has 0 radical (unpaired) electrons. The number of carboxylic acids is 2. The van der Waals surface area contributed by atoms with Gasteiger partial charge in [-0.1, -0.05) is 54.1 Å². The van der Waals surface area contributed by atoms with E-state index in [0.29, 0.717) is 30.0 Å². The van der Waals surface area contributed by atoms with Crippen LogP contribution in [0.2, 0.25) is 5.02 Å². The molecule has 244 valence electrons. The molecule has 1 atom stereocenters. The first-order valence-corrected chi connectivity index (χ1v) is 13.9. The van der Waals surface area contributed by atoms with E-state index >= 15 is 0 Å². The normalized spacial score (nSPS) is 11.6. The second-order valence-corrected chi connectivity index (χ2v) is 10.1. The number of aliphatic carboxylic acids is 2. The number of benzene rings is 3. The Labute approximate surface area is 264 Å². The van der Waals surface area contributed by atoms with E-state index < -0.39 is 35.9 Å². The minimum absolute atomic E-state index is 0.00268. The molecule has 0 aliphatic rings. The highest BCUT2D eigenvalue weighted by atomic mass is 35.5. The molecule has 1 unspecified atom stereocenters.